The molecule has 23 heavy (non-hydrogen) atoms. The van der Waals surface area contributed by atoms with Crippen molar-refractivity contribution < 1.29 is 8.42 Å². The predicted octanol–water partition coefficient (Wildman–Crippen LogP) is 4.30. The predicted molar refractivity (Wildman–Crippen MR) is 91.2 cm³/mol. The number of sulfonamides is 1. The maximum absolute atomic E-state index is 13.2. The minimum Gasteiger partial charge on any atom is -0.260 e. The van der Waals surface area contributed by atoms with E-state index in [1.54, 1.807) is 24.4 Å². The van der Waals surface area contributed by atoms with Gasteiger partial charge in [0, 0.05) is 12.2 Å². The molecule has 0 spiro atoms. The van der Waals surface area contributed by atoms with Gasteiger partial charge in [0.05, 0.1) is 21.8 Å². The summed E-state index contributed by atoms with van der Waals surface area (Å²) in [6.07, 6.45) is 3.35. The van der Waals surface area contributed by atoms with Crippen molar-refractivity contribution in [2.75, 3.05) is 0 Å². The van der Waals surface area contributed by atoms with Crippen molar-refractivity contribution in [1.82, 2.24) is 9.29 Å². The molecule has 1 aromatic heterocycles. The largest absolute Gasteiger partial charge is 0.260 e. The second kappa shape index (κ2) is 6.40. The Labute approximate surface area is 146 Å². The first-order chi connectivity index (χ1) is 10.9. The van der Waals surface area contributed by atoms with E-state index in [0.29, 0.717) is 5.69 Å². The van der Waals surface area contributed by atoms with Gasteiger partial charge in [-0.3, -0.25) is 4.98 Å². The molecule has 0 N–H and O–H groups in total. The normalized spacial score (nSPS) is 16.5. The van der Waals surface area contributed by atoms with Crippen molar-refractivity contribution in [2.24, 2.45) is 0 Å². The van der Waals surface area contributed by atoms with Gasteiger partial charge in [-0.05, 0) is 44.0 Å². The van der Waals surface area contributed by atoms with E-state index in [1.165, 1.54) is 10.4 Å². The Balaban J connectivity index is 2.06. The van der Waals surface area contributed by atoms with Gasteiger partial charge in [0.1, 0.15) is 4.90 Å². The number of hydrogen-bond acceptors (Lipinski definition) is 3. The van der Waals surface area contributed by atoms with Crippen LogP contribution in [0.3, 0.4) is 0 Å². The lowest BCUT2D eigenvalue weighted by Gasteiger charge is -2.28. The maximum Gasteiger partial charge on any atom is 0.245 e. The third kappa shape index (κ3) is 3.24. The highest BCUT2D eigenvalue weighted by Crippen LogP contribution is 2.41. The van der Waals surface area contributed by atoms with Crippen LogP contribution >= 0.6 is 23.2 Å². The SMILES string of the molecule is C[C@H](c1ccccn1)N(C1CC1)S(=O)(=O)c1cccc(Cl)c1Cl. The molecule has 0 unspecified atom stereocenters. The van der Waals surface area contributed by atoms with Crippen molar-refractivity contribution in [3.63, 3.8) is 0 Å². The molecule has 1 heterocycles. The van der Waals surface area contributed by atoms with Gasteiger partial charge in [-0.2, -0.15) is 4.31 Å². The van der Waals surface area contributed by atoms with Crippen molar-refractivity contribution in [3.05, 3.63) is 58.3 Å². The molecule has 3 rings (SSSR count). The Morgan fingerprint density at radius 2 is 1.91 bits per heavy atom. The molecule has 1 atom stereocenters. The topological polar surface area (TPSA) is 50.3 Å². The fourth-order valence-corrected chi connectivity index (χ4v) is 5.19. The number of hydrogen-bond donors (Lipinski definition) is 0. The van der Waals surface area contributed by atoms with Gasteiger partial charge in [-0.25, -0.2) is 8.42 Å². The van der Waals surface area contributed by atoms with Gasteiger partial charge in [0.2, 0.25) is 10.0 Å². The Hall–Kier alpha value is -1.14. The first-order valence-electron chi connectivity index (χ1n) is 7.31. The summed E-state index contributed by atoms with van der Waals surface area (Å²) in [4.78, 5) is 4.33. The highest BCUT2D eigenvalue weighted by atomic mass is 35.5. The summed E-state index contributed by atoms with van der Waals surface area (Å²) in [6.45, 7) is 1.84. The number of rotatable bonds is 5. The molecule has 1 saturated carbocycles. The molecule has 4 nitrogen and oxygen atoms in total. The second-order valence-electron chi connectivity index (χ2n) is 5.55. The number of halogens is 2. The Morgan fingerprint density at radius 3 is 2.52 bits per heavy atom. The molecular formula is C16H16Cl2N2O2S. The van der Waals surface area contributed by atoms with Gasteiger partial charge in [0.15, 0.2) is 0 Å². The zero-order chi connectivity index (χ0) is 16.6. The molecule has 0 radical (unpaired) electrons. The molecule has 1 fully saturated rings. The Morgan fingerprint density at radius 1 is 1.17 bits per heavy atom. The van der Waals surface area contributed by atoms with Crippen LogP contribution in [0.25, 0.3) is 0 Å². The van der Waals surface area contributed by atoms with Gasteiger partial charge in [0.25, 0.3) is 0 Å². The van der Waals surface area contributed by atoms with Gasteiger partial charge < -0.3 is 0 Å². The standard InChI is InChI=1S/C16H16Cl2N2O2S/c1-11(14-6-2-3-10-19-14)20(12-8-9-12)23(21,22)15-7-4-5-13(17)16(15)18/h2-7,10-12H,8-9H2,1H3/t11-/m1/s1. The van der Waals surface area contributed by atoms with Crippen LogP contribution in [-0.2, 0) is 10.0 Å². The monoisotopic (exact) mass is 370 g/mol. The number of nitrogens with zero attached hydrogens (tertiary/aromatic N) is 2. The van der Waals surface area contributed by atoms with Gasteiger partial charge >= 0.3 is 0 Å². The van der Waals surface area contributed by atoms with Crippen LogP contribution in [0.2, 0.25) is 10.0 Å². The van der Waals surface area contributed by atoms with E-state index in [-0.39, 0.29) is 27.0 Å². The summed E-state index contributed by atoms with van der Waals surface area (Å²) in [5.41, 5.74) is 0.709. The lowest BCUT2D eigenvalue weighted by molar-refractivity contribution is 0.329. The van der Waals surface area contributed by atoms with E-state index in [0.717, 1.165) is 12.8 Å². The summed E-state index contributed by atoms with van der Waals surface area (Å²) in [5, 5.41) is 0.294. The molecule has 1 aromatic carbocycles. The van der Waals surface area contributed by atoms with Crippen LogP contribution in [0.4, 0.5) is 0 Å². The van der Waals surface area contributed by atoms with Crippen molar-refractivity contribution >= 4 is 33.2 Å². The third-order valence-corrected chi connectivity index (χ3v) is 6.87. The molecule has 7 heteroatoms. The van der Waals surface area contributed by atoms with Crippen LogP contribution in [0.5, 0.6) is 0 Å². The second-order valence-corrected chi connectivity index (χ2v) is 8.15. The van der Waals surface area contributed by atoms with Crippen LogP contribution in [-0.4, -0.2) is 23.7 Å². The van der Waals surface area contributed by atoms with Gasteiger partial charge in [-0.1, -0.05) is 35.3 Å². The van der Waals surface area contributed by atoms with E-state index in [2.05, 4.69) is 4.98 Å². The first kappa shape index (κ1) is 16.7. The fourth-order valence-electron chi connectivity index (χ4n) is 2.60. The quantitative estimate of drug-likeness (QED) is 0.787. The van der Waals surface area contributed by atoms with Gasteiger partial charge in [-0.15, -0.1) is 0 Å². The summed E-state index contributed by atoms with van der Waals surface area (Å²) in [7, 11) is -3.76. The van der Waals surface area contributed by atoms with Crippen LogP contribution < -0.4 is 0 Å². The van der Waals surface area contributed by atoms with Crippen molar-refractivity contribution in [3.8, 4) is 0 Å². The average Bonchev–Trinajstić information content (AvgIpc) is 3.35. The lowest BCUT2D eigenvalue weighted by atomic mass is 10.2. The van der Waals surface area contributed by atoms with Crippen LogP contribution in [0.15, 0.2) is 47.5 Å². The fraction of sp³-hybridized carbons (Fsp3) is 0.312. The molecule has 1 aliphatic carbocycles. The Bertz CT molecular complexity index is 808. The molecule has 1 aliphatic rings. The smallest absolute Gasteiger partial charge is 0.245 e. The molecule has 0 amide bonds. The summed E-state index contributed by atoms with van der Waals surface area (Å²) in [5.74, 6) is 0. The summed E-state index contributed by atoms with van der Waals surface area (Å²) < 4.78 is 27.8. The number of pyridine rings is 1. The molecule has 0 bridgehead atoms. The number of aromatic nitrogens is 1. The van der Waals surface area contributed by atoms with Crippen molar-refractivity contribution in [2.45, 2.75) is 36.7 Å². The number of benzene rings is 1. The minimum absolute atomic E-state index is 0.0212. The molecule has 2 aromatic rings. The average molecular weight is 371 g/mol. The Kier molecular flexibility index (Phi) is 4.65. The zero-order valence-corrected chi connectivity index (χ0v) is 14.8. The van der Waals surface area contributed by atoms with Crippen LogP contribution in [0, 0.1) is 0 Å². The summed E-state index contributed by atoms with van der Waals surface area (Å²) in [6, 6.07) is 9.75. The van der Waals surface area contributed by atoms with E-state index < -0.39 is 10.0 Å². The minimum atomic E-state index is -3.76. The molecule has 0 aliphatic heterocycles. The van der Waals surface area contributed by atoms with Crippen LogP contribution in [0.1, 0.15) is 31.5 Å². The highest BCUT2D eigenvalue weighted by molar-refractivity contribution is 7.89. The maximum atomic E-state index is 13.2. The summed E-state index contributed by atoms with van der Waals surface area (Å²) >= 11 is 12.1. The van der Waals surface area contributed by atoms with E-state index in [1.807, 2.05) is 19.1 Å². The molecule has 122 valence electrons. The third-order valence-electron chi connectivity index (χ3n) is 3.88. The van der Waals surface area contributed by atoms with E-state index >= 15 is 0 Å². The van der Waals surface area contributed by atoms with Crippen molar-refractivity contribution in [1.29, 1.82) is 0 Å². The molecular weight excluding hydrogens is 355 g/mol. The lowest BCUT2D eigenvalue weighted by Crippen LogP contribution is -2.36. The van der Waals surface area contributed by atoms with E-state index in [4.69, 9.17) is 23.2 Å². The highest BCUT2D eigenvalue weighted by Gasteiger charge is 2.42. The molecule has 0 saturated heterocycles. The zero-order valence-electron chi connectivity index (χ0n) is 12.5. The van der Waals surface area contributed by atoms with E-state index in [9.17, 15) is 8.42 Å². The first-order valence-corrected chi connectivity index (χ1v) is 9.51.